The fourth-order valence-corrected chi connectivity index (χ4v) is 2.46. The molecule has 0 saturated carbocycles. The van der Waals surface area contributed by atoms with Crippen LogP contribution in [0.5, 0.6) is 0 Å². The standard InChI is InChI=1S/2C3H7.V/c2*1-3-2;/h2*3H,1-2H3;. The van der Waals surface area contributed by atoms with Crippen LogP contribution in [0, 0.1) is 0 Å². The van der Waals surface area contributed by atoms with Crippen LogP contribution >= 0.6 is 0 Å². The van der Waals surface area contributed by atoms with Crippen LogP contribution in [0.1, 0.15) is 27.7 Å². The SMILES string of the molecule is C[CH](C)[V][CH](C)C. The van der Waals surface area contributed by atoms with E-state index in [0.717, 1.165) is 9.26 Å². The molecule has 0 aromatic rings. The molecule has 0 fully saturated rings. The Bertz CT molecular complexity index is 33.4. The first kappa shape index (κ1) is 7.58. The van der Waals surface area contributed by atoms with E-state index in [1.807, 2.05) is 0 Å². The molecule has 0 aliphatic carbocycles. The number of hydrogen-bond donors (Lipinski definition) is 0. The molecule has 7 heavy (non-hydrogen) atoms. The van der Waals surface area contributed by atoms with E-state index in [9.17, 15) is 0 Å². The summed E-state index contributed by atoms with van der Waals surface area (Å²) in [5, 5.41) is 0. The first-order chi connectivity index (χ1) is 3.13. The van der Waals surface area contributed by atoms with Crippen molar-refractivity contribution in [2.45, 2.75) is 37.0 Å². The quantitative estimate of drug-likeness (QED) is 0.549. The molecule has 0 heterocycles. The van der Waals surface area contributed by atoms with Gasteiger partial charge >= 0.3 is 53.2 Å². The number of rotatable bonds is 2. The van der Waals surface area contributed by atoms with Crippen LogP contribution in [0.25, 0.3) is 0 Å². The van der Waals surface area contributed by atoms with E-state index in [0.29, 0.717) is 16.3 Å². The molecule has 0 aromatic heterocycles. The Labute approximate surface area is 53.7 Å². The van der Waals surface area contributed by atoms with Gasteiger partial charge in [-0.2, -0.15) is 0 Å². The second kappa shape index (κ2) is 3.57. The van der Waals surface area contributed by atoms with Crippen molar-refractivity contribution in [1.29, 1.82) is 0 Å². The van der Waals surface area contributed by atoms with Gasteiger partial charge in [0.05, 0.1) is 0 Å². The van der Waals surface area contributed by atoms with E-state index in [-0.39, 0.29) is 0 Å². The summed E-state index contributed by atoms with van der Waals surface area (Å²) in [4.78, 5) is 0. The predicted molar refractivity (Wildman–Crippen MR) is 30.2 cm³/mol. The average Bonchev–Trinajstić information content (AvgIpc) is 1.27. The van der Waals surface area contributed by atoms with Crippen LogP contribution in [0.4, 0.5) is 0 Å². The minimum absolute atomic E-state index is 0.632. The summed E-state index contributed by atoms with van der Waals surface area (Å²) >= 11 is 0.632. The summed E-state index contributed by atoms with van der Waals surface area (Å²) in [6.45, 7) is 9.22. The summed E-state index contributed by atoms with van der Waals surface area (Å²) in [6.07, 6.45) is 0. The summed E-state index contributed by atoms with van der Waals surface area (Å²) in [5.41, 5.74) is 0. The van der Waals surface area contributed by atoms with Gasteiger partial charge in [-0.25, -0.2) is 0 Å². The Hall–Kier alpha value is 0.584. The van der Waals surface area contributed by atoms with E-state index >= 15 is 0 Å². The summed E-state index contributed by atoms with van der Waals surface area (Å²) in [6, 6.07) is 0. The van der Waals surface area contributed by atoms with Crippen molar-refractivity contribution in [3.8, 4) is 0 Å². The molecule has 0 nitrogen and oxygen atoms in total. The maximum atomic E-state index is 2.31. The first-order valence-corrected chi connectivity index (χ1v) is 4.44. The molecule has 0 aliphatic heterocycles. The molecule has 0 aliphatic rings. The van der Waals surface area contributed by atoms with Crippen molar-refractivity contribution in [3.05, 3.63) is 0 Å². The van der Waals surface area contributed by atoms with Crippen LogP contribution in [-0.2, 0) is 16.3 Å². The predicted octanol–water partition coefficient (Wildman–Crippen LogP) is 2.73. The van der Waals surface area contributed by atoms with E-state index in [4.69, 9.17) is 0 Å². The zero-order valence-electron chi connectivity index (χ0n) is 5.60. The molecule has 1 heteroatoms. The Morgan fingerprint density at radius 2 is 1.14 bits per heavy atom. The summed E-state index contributed by atoms with van der Waals surface area (Å²) in [7, 11) is 0. The normalized spacial score (nSPS) is 10.6. The number of hydrogen-bond acceptors (Lipinski definition) is 0. The third-order valence-corrected chi connectivity index (χ3v) is 2.46. The van der Waals surface area contributed by atoms with Crippen LogP contribution < -0.4 is 0 Å². The third kappa shape index (κ3) is 6.58. The van der Waals surface area contributed by atoms with Gasteiger partial charge in [-0.15, -0.1) is 0 Å². The van der Waals surface area contributed by atoms with Crippen LogP contribution in [0.15, 0.2) is 0 Å². The van der Waals surface area contributed by atoms with Crippen LogP contribution in [0.2, 0.25) is 9.26 Å². The van der Waals surface area contributed by atoms with Crippen molar-refractivity contribution >= 4 is 0 Å². The van der Waals surface area contributed by atoms with Gasteiger partial charge in [0.15, 0.2) is 0 Å². The van der Waals surface area contributed by atoms with Crippen molar-refractivity contribution < 1.29 is 16.3 Å². The Morgan fingerprint density at radius 1 is 0.857 bits per heavy atom. The van der Waals surface area contributed by atoms with Crippen molar-refractivity contribution in [1.82, 2.24) is 0 Å². The van der Waals surface area contributed by atoms with E-state index < -0.39 is 0 Å². The van der Waals surface area contributed by atoms with E-state index in [1.54, 1.807) is 0 Å². The van der Waals surface area contributed by atoms with Gasteiger partial charge in [-0.05, 0) is 0 Å². The van der Waals surface area contributed by atoms with Gasteiger partial charge < -0.3 is 0 Å². The first-order valence-electron chi connectivity index (χ1n) is 2.83. The van der Waals surface area contributed by atoms with Crippen LogP contribution in [-0.4, -0.2) is 0 Å². The van der Waals surface area contributed by atoms with Gasteiger partial charge in [0.1, 0.15) is 0 Å². The molecule has 0 aromatic carbocycles. The molecule has 0 N–H and O–H groups in total. The van der Waals surface area contributed by atoms with Crippen molar-refractivity contribution in [2.75, 3.05) is 0 Å². The van der Waals surface area contributed by atoms with Crippen molar-refractivity contribution in [2.24, 2.45) is 0 Å². The molecular formula is C6H14V. The molecule has 0 radical (unpaired) electrons. The molecule has 0 amide bonds. The zero-order valence-corrected chi connectivity index (χ0v) is 7.00. The monoisotopic (exact) mass is 137 g/mol. The fraction of sp³-hybridized carbons (Fsp3) is 1.00. The molecular weight excluding hydrogens is 123 g/mol. The van der Waals surface area contributed by atoms with Gasteiger partial charge in [-0.1, -0.05) is 0 Å². The molecule has 43 valence electrons. The molecule has 0 spiro atoms. The topological polar surface area (TPSA) is 0 Å². The van der Waals surface area contributed by atoms with Crippen molar-refractivity contribution in [3.63, 3.8) is 0 Å². The molecule has 0 bridgehead atoms. The van der Waals surface area contributed by atoms with E-state index in [2.05, 4.69) is 27.7 Å². The summed E-state index contributed by atoms with van der Waals surface area (Å²) in [5.74, 6) is 0. The van der Waals surface area contributed by atoms with E-state index in [1.165, 1.54) is 0 Å². The van der Waals surface area contributed by atoms with Gasteiger partial charge in [0.2, 0.25) is 0 Å². The fourth-order valence-electron chi connectivity index (χ4n) is 0.596. The zero-order chi connectivity index (χ0) is 5.86. The molecule has 0 saturated heterocycles. The second-order valence-electron chi connectivity index (χ2n) is 2.34. The molecule has 0 rings (SSSR count). The van der Waals surface area contributed by atoms with Gasteiger partial charge in [-0.3, -0.25) is 0 Å². The summed E-state index contributed by atoms with van der Waals surface area (Å²) < 4.78 is 1.94. The molecule has 0 atom stereocenters. The Balaban J connectivity index is 2.95. The third-order valence-electron chi connectivity index (χ3n) is 0.596. The Kier molecular flexibility index (Phi) is 3.87. The maximum absolute atomic E-state index is 2.31. The second-order valence-corrected chi connectivity index (χ2v) is 6.03. The van der Waals surface area contributed by atoms with Gasteiger partial charge in [0, 0.05) is 0 Å². The minimum atomic E-state index is 0.632. The average molecular weight is 137 g/mol. The Morgan fingerprint density at radius 3 is 1.14 bits per heavy atom. The molecule has 0 unspecified atom stereocenters. The van der Waals surface area contributed by atoms with Crippen LogP contribution in [0.3, 0.4) is 0 Å². The van der Waals surface area contributed by atoms with Gasteiger partial charge in [0.25, 0.3) is 0 Å².